The van der Waals surface area contributed by atoms with Gasteiger partial charge in [-0.25, -0.2) is 0 Å². The number of aryl methyl sites for hydroxylation is 1. The van der Waals surface area contributed by atoms with Crippen LogP contribution >= 0.6 is 0 Å². The number of hydrogen-bond donors (Lipinski definition) is 1. The molecule has 1 aliphatic heterocycles. The van der Waals surface area contributed by atoms with E-state index >= 15 is 0 Å². The highest BCUT2D eigenvalue weighted by atomic mass is 16.5. The number of nitrogens with zero attached hydrogens (tertiary/aromatic N) is 1. The fraction of sp³-hybridized carbons (Fsp3) is 0.391. The third-order valence-electron chi connectivity index (χ3n) is 4.90. The molecule has 0 spiro atoms. The third-order valence-corrected chi connectivity index (χ3v) is 4.90. The average Bonchev–Trinajstić information content (AvgIpc) is 2.69. The minimum absolute atomic E-state index is 0.0282. The van der Waals surface area contributed by atoms with E-state index < -0.39 is 0 Å². The number of benzene rings is 2. The molecule has 0 aromatic heterocycles. The van der Waals surface area contributed by atoms with Crippen LogP contribution in [0.15, 0.2) is 48.5 Å². The topological polar surface area (TPSA) is 58.6 Å². The van der Waals surface area contributed by atoms with Crippen LogP contribution < -0.4 is 10.1 Å². The first-order chi connectivity index (χ1) is 13.6. The number of rotatable bonds is 8. The summed E-state index contributed by atoms with van der Waals surface area (Å²) >= 11 is 0. The van der Waals surface area contributed by atoms with Crippen molar-refractivity contribution in [2.75, 3.05) is 18.5 Å². The molecule has 2 aromatic carbocycles. The van der Waals surface area contributed by atoms with Crippen LogP contribution in [-0.4, -0.2) is 29.9 Å². The Bertz CT molecular complexity index is 819. The molecule has 28 heavy (non-hydrogen) atoms. The first-order valence-corrected chi connectivity index (χ1v) is 9.97. The molecule has 1 N–H and O–H groups in total. The first kappa shape index (κ1) is 19.9. The van der Waals surface area contributed by atoms with E-state index in [0.29, 0.717) is 32.4 Å². The van der Waals surface area contributed by atoms with Gasteiger partial charge in [-0.05, 0) is 55.5 Å². The van der Waals surface area contributed by atoms with Crippen LogP contribution in [0.25, 0.3) is 0 Å². The summed E-state index contributed by atoms with van der Waals surface area (Å²) in [7, 11) is 0. The van der Waals surface area contributed by atoms with Crippen LogP contribution in [0.4, 0.5) is 5.69 Å². The summed E-state index contributed by atoms with van der Waals surface area (Å²) in [5.41, 5.74) is 2.90. The molecule has 5 heteroatoms. The van der Waals surface area contributed by atoms with Crippen molar-refractivity contribution in [1.29, 1.82) is 0 Å². The van der Waals surface area contributed by atoms with Gasteiger partial charge in [0.05, 0.1) is 6.61 Å². The zero-order valence-corrected chi connectivity index (χ0v) is 16.4. The second-order valence-electron chi connectivity index (χ2n) is 7.24. The fourth-order valence-electron chi connectivity index (χ4n) is 3.35. The van der Waals surface area contributed by atoms with Crippen LogP contribution in [0, 0.1) is 6.92 Å². The number of hydrogen-bond acceptors (Lipinski definition) is 3. The van der Waals surface area contributed by atoms with Crippen molar-refractivity contribution in [3.63, 3.8) is 0 Å². The lowest BCUT2D eigenvalue weighted by Gasteiger charge is -2.26. The number of piperidine rings is 1. The second-order valence-corrected chi connectivity index (χ2v) is 7.24. The molecule has 0 bridgehead atoms. The van der Waals surface area contributed by atoms with Crippen molar-refractivity contribution >= 4 is 17.5 Å². The molecule has 5 nitrogen and oxygen atoms in total. The molecule has 2 aromatic rings. The lowest BCUT2D eigenvalue weighted by Crippen LogP contribution is -2.34. The largest absolute Gasteiger partial charge is 0.493 e. The van der Waals surface area contributed by atoms with E-state index in [4.69, 9.17) is 4.74 Å². The quantitative estimate of drug-likeness (QED) is 0.695. The van der Waals surface area contributed by atoms with Gasteiger partial charge in [0.15, 0.2) is 0 Å². The minimum atomic E-state index is -0.0282. The smallest absolute Gasteiger partial charge is 0.224 e. The highest BCUT2D eigenvalue weighted by molar-refractivity contribution is 5.90. The number of carbonyl (C=O) groups is 2. The molecule has 0 atom stereocenters. The molecule has 0 saturated carbocycles. The standard InChI is InChI=1S/C23H28N2O3/c1-18-8-2-3-11-21(18)28-15-7-12-22(26)24-20-10-6-9-19(16-20)17-25-14-5-4-13-23(25)27/h2-3,6,8-11,16H,4-5,7,12-15,17H2,1H3,(H,24,26). The van der Waals surface area contributed by atoms with Crippen molar-refractivity contribution in [3.05, 3.63) is 59.7 Å². The Labute approximate surface area is 166 Å². The Morgan fingerprint density at radius 2 is 2.00 bits per heavy atom. The van der Waals surface area contributed by atoms with Crippen molar-refractivity contribution in [1.82, 2.24) is 4.90 Å². The lowest BCUT2D eigenvalue weighted by atomic mass is 10.1. The van der Waals surface area contributed by atoms with E-state index in [1.54, 1.807) is 0 Å². The molecule has 3 rings (SSSR count). The molecule has 0 radical (unpaired) electrons. The molecule has 0 unspecified atom stereocenters. The zero-order chi connectivity index (χ0) is 19.8. The monoisotopic (exact) mass is 380 g/mol. The van der Waals surface area contributed by atoms with Crippen LogP contribution in [0.5, 0.6) is 5.75 Å². The number of amides is 2. The molecular weight excluding hydrogens is 352 g/mol. The molecular formula is C23H28N2O3. The molecule has 148 valence electrons. The number of carbonyl (C=O) groups excluding carboxylic acids is 2. The maximum atomic E-state index is 12.2. The van der Waals surface area contributed by atoms with E-state index in [2.05, 4.69) is 5.32 Å². The number of nitrogens with one attached hydrogen (secondary N) is 1. The molecule has 1 heterocycles. The van der Waals surface area contributed by atoms with Crippen molar-refractivity contribution in [3.8, 4) is 5.75 Å². The van der Waals surface area contributed by atoms with Gasteiger partial charge in [0.25, 0.3) is 0 Å². The summed E-state index contributed by atoms with van der Waals surface area (Å²) in [4.78, 5) is 26.1. The average molecular weight is 380 g/mol. The second kappa shape index (κ2) is 9.93. The maximum Gasteiger partial charge on any atom is 0.224 e. The number of ether oxygens (including phenoxy) is 1. The number of likely N-dealkylation sites (tertiary alicyclic amines) is 1. The number of para-hydroxylation sites is 1. The van der Waals surface area contributed by atoms with Gasteiger partial charge >= 0.3 is 0 Å². The highest BCUT2D eigenvalue weighted by Crippen LogP contribution is 2.18. The van der Waals surface area contributed by atoms with Gasteiger partial charge in [-0.1, -0.05) is 30.3 Å². The summed E-state index contributed by atoms with van der Waals surface area (Å²) in [6.07, 6.45) is 3.75. The molecule has 1 saturated heterocycles. The van der Waals surface area contributed by atoms with Crippen LogP contribution in [0.1, 0.15) is 43.2 Å². The Morgan fingerprint density at radius 1 is 1.14 bits per heavy atom. The predicted molar refractivity (Wildman–Crippen MR) is 110 cm³/mol. The van der Waals surface area contributed by atoms with E-state index in [0.717, 1.165) is 42.0 Å². The first-order valence-electron chi connectivity index (χ1n) is 9.97. The van der Waals surface area contributed by atoms with Crippen LogP contribution in [0.3, 0.4) is 0 Å². The minimum Gasteiger partial charge on any atom is -0.493 e. The van der Waals surface area contributed by atoms with Gasteiger partial charge in [-0.3, -0.25) is 9.59 Å². The Hall–Kier alpha value is -2.82. The van der Waals surface area contributed by atoms with Gasteiger partial charge < -0.3 is 15.0 Å². The Balaban J connectivity index is 1.43. The highest BCUT2D eigenvalue weighted by Gasteiger charge is 2.18. The normalized spacial score (nSPS) is 14.0. The van der Waals surface area contributed by atoms with Crippen molar-refractivity contribution in [2.24, 2.45) is 0 Å². The van der Waals surface area contributed by atoms with E-state index in [1.165, 1.54) is 0 Å². The van der Waals surface area contributed by atoms with Gasteiger partial charge in [-0.15, -0.1) is 0 Å². The summed E-state index contributed by atoms with van der Waals surface area (Å²) in [6, 6.07) is 15.6. The summed E-state index contributed by atoms with van der Waals surface area (Å²) < 4.78 is 5.73. The van der Waals surface area contributed by atoms with Crippen LogP contribution in [0.2, 0.25) is 0 Å². The number of anilines is 1. The van der Waals surface area contributed by atoms with Crippen LogP contribution in [-0.2, 0) is 16.1 Å². The van der Waals surface area contributed by atoms with Crippen molar-refractivity contribution < 1.29 is 14.3 Å². The molecule has 0 aliphatic carbocycles. The molecule has 1 fully saturated rings. The molecule has 1 aliphatic rings. The van der Waals surface area contributed by atoms with E-state index in [-0.39, 0.29) is 11.8 Å². The summed E-state index contributed by atoms with van der Waals surface area (Å²) in [6.45, 7) is 3.94. The lowest BCUT2D eigenvalue weighted by molar-refractivity contribution is -0.133. The maximum absolute atomic E-state index is 12.2. The van der Waals surface area contributed by atoms with E-state index in [9.17, 15) is 9.59 Å². The molecule has 2 amide bonds. The zero-order valence-electron chi connectivity index (χ0n) is 16.4. The Kier molecular flexibility index (Phi) is 7.06. The predicted octanol–water partition coefficient (Wildman–Crippen LogP) is 4.31. The van der Waals surface area contributed by atoms with Gasteiger partial charge in [-0.2, -0.15) is 0 Å². The SMILES string of the molecule is Cc1ccccc1OCCCC(=O)Nc1cccc(CN2CCCCC2=O)c1. The fourth-order valence-corrected chi connectivity index (χ4v) is 3.35. The van der Waals surface area contributed by atoms with Gasteiger partial charge in [0.2, 0.25) is 11.8 Å². The summed E-state index contributed by atoms with van der Waals surface area (Å²) in [5, 5.41) is 2.94. The van der Waals surface area contributed by atoms with Gasteiger partial charge in [0.1, 0.15) is 5.75 Å². The van der Waals surface area contributed by atoms with E-state index in [1.807, 2.05) is 60.4 Å². The Morgan fingerprint density at radius 3 is 2.82 bits per heavy atom. The van der Waals surface area contributed by atoms with Crippen molar-refractivity contribution in [2.45, 2.75) is 45.6 Å². The summed E-state index contributed by atoms with van der Waals surface area (Å²) in [5.74, 6) is 1.05. The third kappa shape index (κ3) is 5.84. The van der Waals surface area contributed by atoms with Gasteiger partial charge in [0, 0.05) is 31.6 Å².